The number of likely N-dealkylation sites (tertiary alicyclic amines) is 1. The van der Waals surface area contributed by atoms with Gasteiger partial charge in [0.15, 0.2) is 0 Å². The van der Waals surface area contributed by atoms with Gasteiger partial charge in [-0.2, -0.15) is 0 Å². The average Bonchev–Trinajstić information content (AvgIpc) is 2.56. The minimum Gasteiger partial charge on any atom is -0.462 e. The van der Waals surface area contributed by atoms with Crippen LogP contribution in [0.1, 0.15) is 42.1 Å². The van der Waals surface area contributed by atoms with Crippen molar-refractivity contribution < 1.29 is 9.53 Å². The Kier molecular flexibility index (Phi) is 6.87. The summed E-state index contributed by atoms with van der Waals surface area (Å²) in [6, 6.07) is 7.79. The zero-order chi connectivity index (χ0) is 15.8. The number of piperidine rings is 1. The first-order valence-corrected chi connectivity index (χ1v) is 8.41. The number of carbonyl (C=O) groups is 1. The third-order valence-corrected chi connectivity index (χ3v) is 4.45. The maximum absolute atomic E-state index is 11.6. The molecule has 1 aromatic rings. The fourth-order valence-corrected chi connectivity index (χ4v) is 2.97. The molecule has 0 spiro atoms. The standard InChI is InChI=1S/C18H28N2O2/c1-2-22-18(21)17-7-5-15(6-8-17)4-3-11-20-12-9-16(14-19)10-13-20/h5-8,16H,2-4,9-14,19H2,1H3. The number of nitrogens with zero attached hydrogens (tertiary/aromatic N) is 1. The Hall–Kier alpha value is -1.39. The summed E-state index contributed by atoms with van der Waals surface area (Å²) in [7, 11) is 0. The number of carbonyl (C=O) groups excluding carboxylic acids is 1. The molecule has 0 aliphatic carbocycles. The molecule has 4 heteroatoms. The second kappa shape index (κ2) is 8.91. The molecule has 122 valence electrons. The van der Waals surface area contributed by atoms with Crippen molar-refractivity contribution >= 4 is 5.97 Å². The van der Waals surface area contributed by atoms with E-state index in [0.717, 1.165) is 31.8 Å². The molecule has 1 fully saturated rings. The van der Waals surface area contributed by atoms with E-state index in [-0.39, 0.29) is 5.97 Å². The molecule has 0 atom stereocenters. The van der Waals surface area contributed by atoms with Crippen LogP contribution >= 0.6 is 0 Å². The Morgan fingerprint density at radius 3 is 2.55 bits per heavy atom. The highest BCUT2D eigenvalue weighted by Gasteiger charge is 2.17. The van der Waals surface area contributed by atoms with Crippen molar-refractivity contribution in [2.75, 3.05) is 32.8 Å². The molecule has 1 heterocycles. The van der Waals surface area contributed by atoms with Gasteiger partial charge in [0.05, 0.1) is 12.2 Å². The number of benzene rings is 1. The number of aryl methyl sites for hydroxylation is 1. The van der Waals surface area contributed by atoms with Gasteiger partial charge in [0, 0.05) is 0 Å². The van der Waals surface area contributed by atoms with Crippen LogP contribution in [-0.2, 0) is 11.2 Å². The van der Waals surface area contributed by atoms with Crippen LogP contribution in [0.15, 0.2) is 24.3 Å². The first-order valence-electron chi connectivity index (χ1n) is 8.41. The Morgan fingerprint density at radius 1 is 1.27 bits per heavy atom. The highest BCUT2D eigenvalue weighted by molar-refractivity contribution is 5.89. The highest BCUT2D eigenvalue weighted by atomic mass is 16.5. The zero-order valence-electron chi connectivity index (χ0n) is 13.6. The van der Waals surface area contributed by atoms with E-state index in [1.807, 2.05) is 31.2 Å². The molecule has 1 aliphatic heterocycles. The Balaban J connectivity index is 1.70. The van der Waals surface area contributed by atoms with Crippen molar-refractivity contribution in [3.8, 4) is 0 Å². The minimum atomic E-state index is -0.239. The predicted molar refractivity (Wildman–Crippen MR) is 88.9 cm³/mol. The maximum atomic E-state index is 11.6. The molecule has 0 aromatic heterocycles. The molecule has 1 aliphatic rings. The van der Waals surface area contributed by atoms with Crippen molar-refractivity contribution in [1.29, 1.82) is 0 Å². The summed E-state index contributed by atoms with van der Waals surface area (Å²) < 4.78 is 4.99. The quantitative estimate of drug-likeness (QED) is 0.786. The van der Waals surface area contributed by atoms with E-state index in [0.29, 0.717) is 12.2 Å². The van der Waals surface area contributed by atoms with E-state index in [4.69, 9.17) is 10.5 Å². The van der Waals surface area contributed by atoms with Crippen LogP contribution in [-0.4, -0.2) is 43.7 Å². The monoisotopic (exact) mass is 304 g/mol. The topological polar surface area (TPSA) is 55.6 Å². The number of esters is 1. The summed E-state index contributed by atoms with van der Waals surface area (Å²) in [5, 5.41) is 0. The van der Waals surface area contributed by atoms with Gasteiger partial charge in [-0.3, -0.25) is 0 Å². The summed E-state index contributed by atoms with van der Waals surface area (Å²) >= 11 is 0. The molecule has 1 saturated heterocycles. The third kappa shape index (κ3) is 5.11. The van der Waals surface area contributed by atoms with Crippen LogP contribution in [0, 0.1) is 5.92 Å². The van der Waals surface area contributed by atoms with Gasteiger partial charge in [-0.1, -0.05) is 12.1 Å². The van der Waals surface area contributed by atoms with Crippen LogP contribution in [0.4, 0.5) is 0 Å². The molecule has 0 radical (unpaired) electrons. The lowest BCUT2D eigenvalue weighted by Crippen LogP contribution is -2.36. The van der Waals surface area contributed by atoms with Gasteiger partial charge < -0.3 is 15.4 Å². The van der Waals surface area contributed by atoms with Crippen molar-refractivity contribution in [2.24, 2.45) is 11.7 Å². The largest absolute Gasteiger partial charge is 0.462 e. The van der Waals surface area contributed by atoms with Gasteiger partial charge in [0.25, 0.3) is 0 Å². The van der Waals surface area contributed by atoms with E-state index in [2.05, 4.69) is 4.90 Å². The lowest BCUT2D eigenvalue weighted by molar-refractivity contribution is 0.0526. The first-order chi connectivity index (χ1) is 10.7. The lowest BCUT2D eigenvalue weighted by Gasteiger charge is -2.31. The maximum Gasteiger partial charge on any atom is 0.338 e. The number of ether oxygens (including phenoxy) is 1. The fourth-order valence-electron chi connectivity index (χ4n) is 2.97. The molecular formula is C18H28N2O2. The van der Waals surface area contributed by atoms with Crippen LogP contribution in [0.2, 0.25) is 0 Å². The molecule has 4 nitrogen and oxygen atoms in total. The number of rotatable bonds is 7. The third-order valence-electron chi connectivity index (χ3n) is 4.45. The van der Waals surface area contributed by atoms with Gasteiger partial charge in [-0.05, 0) is 82.4 Å². The number of nitrogens with two attached hydrogens (primary N) is 1. The molecule has 0 saturated carbocycles. The highest BCUT2D eigenvalue weighted by Crippen LogP contribution is 2.16. The van der Waals surface area contributed by atoms with Gasteiger partial charge in [0.2, 0.25) is 0 Å². The van der Waals surface area contributed by atoms with Gasteiger partial charge >= 0.3 is 5.97 Å². The summed E-state index contributed by atoms with van der Waals surface area (Å²) in [6.07, 6.45) is 4.70. The molecular weight excluding hydrogens is 276 g/mol. The zero-order valence-corrected chi connectivity index (χ0v) is 13.6. The van der Waals surface area contributed by atoms with Gasteiger partial charge in [0.1, 0.15) is 0 Å². The normalized spacial score (nSPS) is 16.6. The van der Waals surface area contributed by atoms with Crippen molar-refractivity contribution in [3.05, 3.63) is 35.4 Å². The number of hydrogen-bond acceptors (Lipinski definition) is 4. The van der Waals surface area contributed by atoms with E-state index < -0.39 is 0 Å². The van der Waals surface area contributed by atoms with E-state index in [9.17, 15) is 4.79 Å². The van der Waals surface area contributed by atoms with Crippen LogP contribution in [0.25, 0.3) is 0 Å². The first kappa shape index (κ1) is 17.0. The second-order valence-electron chi connectivity index (χ2n) is 6.04. The summed E-state index contributed by atoms with van der Waals surface area (Å²) in [5.74, 6) is 0.489. The fraction of sp³-hybridized carbons (Fsp3) is 0.611. The lowest BCUT2D eigenvalue weighted by atomic mass is 9.97. The molecule has 0 bridgehead atoms. The number of hydrogen-bond donors (Lipinski definition) is 1. The summed E-state index contributed by atoms with van der Waals surface area (Å²) in [6.45, 7) is 6.59. The molecule has 0 unspecified atom stereocenters. The Labute approximate surface area is 133 Å². The molecule has 2 N–H and O–H groups in total. The predicted octanol–water partition coefficient (Wildman–Crippen LogP) is 2.47. The van der Waals surface area contributed by atoms with Crippen molar-refractivity contribution in [3.63, 3.8) is 0 Å². The molecule has 22 heavy (non-hydrogen) atoms. The van der Waals surface area contributed by atoms with Crippen molar-refractivity contribution in [1.82, 2.24) is 4.90 Å². The molecule has 1 aromatic carbocycles. The second-order valence-corrected chi connectivity index (χ2v) is 6.04. The smallest absolute Gasteiger partial charge is 0.338 e. The average molecular weight is 304 g/mol. The molecule has 2 rings (SSSR count). The van der Waals surface area contributed by atoms with E-state index in [1.54, 1.807) is 0 Å². The molecule has 0 amide bonds. The Morgan fingerprint density at radius 2 is 1.95 bits per heavy atom. The van der Waals surface area contributed by atoms with E-state index in [1.165, 1.54) is 31.5 Å². The Bertz CT molecular complexity index is 451. The van der Waals surface area contributed by atoms with Gasteiger partial charge in [-0.15, -0.1) is 0 Å². The van der Waals surface area contributed by atoms with Crippen LogP contribution in [0.3, 0.4) is 0 Å². The van der Waals surface area contributed by atoms with E-state index >= 15 is 0 Å². The van der Waals surface area contributed by atoms with Crippen LogP contribution < -0.4 is 5.73 Å². The minimum absolute atomic E-state index is 0.239. The van der Waals surface area contributed by atoms with Gasteiger partial charge in [-0.25, -0.2) is 4.79 Å². The summed E-state index contributed by atoms with van der Waals surface area (Å²) in [5.41, 5.74) is 7.64. The SMILES string of the molecule is CCOC(=O)c1ccc(CCCN2CCC(CN)CC2)cc1. The van der Waals surface area contributed by atoms with Crippen molar-refractivity contribution in [2.45, 2.75) is 32.6 Å². The van der Waals surface area contributed by atoms with Crippen LogP contribution in [0.5, 0.6) is 0 Å². The summed E-state index contributed by atoms with van der Waals surface area (Å²) in [4.78, 5) is 14.1.